The van der Waals surface area contributed by atoms with Gasteiger partial charge in [-0.3, -0.25) is 14.6 Å². The van der Waals surface area contributed by atoms with Crippen molar-refractivity contribution in [2.75, 3.05) is 11.4 Å². The summed E-state index contributed by atoms with van der Waals surface area (Å²) in [5.41, 5.74) is 2.56. The number of ether oxygens (including phenoxy) is 1. The second-order valence-electron chi connectivity index (χ2n) is 8.33. The van der Waals surface area contributed by atoms with Crippen molar-refractivity contribution >= 4 is 17.5 Å². The summed E-state index contributed by atoms with van der Waals surface area (Å²) in [6.45, 7) is 4.46. The minimum Gasteiger partial charge on any atom is -0.372 e. The van der Waals surface area contributed by atoms with Gasteiger partial charge in [-0.25, -0.2) is 0 Å². The van der Waals surface area contributed by atoms with Gasteiger partial charge in [-0.05, 0) is 61.2 Å². The summed E-state index contributed by atoms with van der Waals surface area (Å²) in [5, 5.41) is 14.9. The van der Waals surface area contributed by atoms with Crippen LogP contribution in [0, 0.1) is 5.41 Å². The van der Waals surface area contributed by atoms with E-state index in [-0.39, 0.29) is 18.6 Å². The van der Waals surface area contributed by atoms with Crippen LogP contribution in [0.1, 0.15) is 19.4 Å². The highest BCUT2D eigenvalue weighted by Gasteiger charge is 2.62. The minimum atomic E-state index is -1.39. The van der Waals surface area contributed by atoms with Gasteiger partial charge in [-0.1, -0.05) is 6.07 Å². The number of amides is 2. The number of pyridine rings is 1. The Hall–Kier alpha value is -2.97. The molecule has 0 unspecified atom stereocenters. The number of morpholine rings is 1. The number of nitrogens with zero attached hydrogens (tertiary/aromatic N) is 2. The van der Waals surface area contributed by atoms with Crippen LogP contribution < -0.4 is 15.5 Å². The van der Waals surface area contributed by atoms with E-state index in [2.05, 4.69) is 32.7 Å². The number of rotatable bonds is 1. The van der Waals surface area contributed by atoms with E-state index < -0.39 is 29.6 Å². The highest BCUT2D eigenvalue weighted by atomic mass is 16.5. The van der Waals surface area contributed by atoms with E-state index in [0.717, 1.165) is 22.4 Å². The average molecular weight is 408 g/mol. The highest BCUT2D eigenvalue weighted by molar-refractivity contribution is 6.09. The number of aliphatic hydroxyl groups excluding tert-OH is 1. The molecule has 156 valence electrons. The van der Waals surface area contributed by atoms with Crippen LogP contribution in [0.3, 0.4) is 0 Å². The summed E-state index contributed by atoms with van der Waals surface area (Å²) in [6.07, 6.45) is 1.94. The van der Waals surface area contributed by atoms with Crippen LogP contribution >= 0.6 is 0 Å². The first-order chi connectivity index (χ1) is 14.4. The number of aromatic nitrogens is 1. The maximum Gasteiger partial charge on any atom is 0.241 e. The molecule has 4 heterocycles. The first-order valence-electron chi connectivity index (χ1n) is 10.2. The third kappa shape index (κ3) is 2.71. The minimum absolute atomic E-state index is 0.0422. The molecule has 5 rings (SSSR count). The molecule has 3 N–H and O–H groups in total. The Morgan fingerprint density at radius 2 is 1.80 bits per heavy atom. The molecule has 3 aliphatic heterocycles. The number of hydrogen-bond donors (Lipinski definition) is 3. The lowest BCUT2D eigenvalue weighted by Crippen LogP contribution is -2.76. The predicted octanol–water partition coefficient (Wildman–Crippen LogP) is 0.795. The van der Waals surface area contributed by atoms with Gasteiger partial charge in [0.25, 0.3) is 0 Å². The number of carbonyl (C=O) groups excluding carboxylic acids is 2. The van der Waals surface area contributed by atoms with Crippen LogP contribution in [0.25, 0.3) is 11.1 Å². The van der Waals surface area contributed by atoms with Gasteiger partial charge in [-0.2, -0.15) is 0 Å². The van der Waals surface area contributed by atoms with Crippen molar-refractivity contribution in [2.24, 2.45) is 5.41 Å². The zero-order valence-corrected chi connectivity index (χ0v) is 16.8. The van der Waals surface area contributed by atoms with Crippen LogP contribution in [0.2, 0.25) is 0 Å². The van der Waals surface area contributed by atoms with Crippen molar-refractivity contribution in [3.8, 4) is 11.1 Å². The summed E-state index contributed by atoms with van der Waals surface area (Å²) in [4.78, 5) is 32.6. The van der Waals surface area contributed by atoms with Crippen molar-refractivity contribution in [1.29, 1.82) is 0 Å². The normalized spacial score (nSPS) is 32.8. The topological polar surface area (TPSA) is 104 Å². The molecular weight excluding hydrogens is 384 g/mol. The van der Waals surface area contributed by atoms with E-state index in [1.54, 1.807) is 12.4 Å². The van der Waals surface area contributed by atoms with Crippen LogP contribution in [-0.2, 0) is 20.7 Å². The number of hydrogen-bond acceptors (Lipinski definition) is 6. The number of aliphatic hydroxyl groups is 1. The van der Waals surface area contributed by atoms with Crippen molar-refractivity contribution in [3.63, 3.8) is 0 Å². The summed E-state index contributed by atoms with van der Waals surface area (Å²) in [6, 6.07) is 9.54. The highest BCUT2D eigenvalue weighted by Crippen LogP contribution is 2.47. The Morgan fingerprint density at radius 1 is 1.10 bits per heavy atom. The Morgan fingerprint density at radius 3 is 2.50 bits per heavy atom. The van der Waals surface area contributed by atoms with Gasteiger partial charge in [0.1, 0.15) is 0 Å². The van der Waals surface area contributed by atoms with E-state index in [1.807, 2.05) is 32.0 Å². The van der Waals surface area contributed by atoms with Crippen LogP contribution in [-0.4, -0.2) is 53.1 Å². The molecule has 8 heteroatoms. The molecular formula is C22H24N4O4. The first kappa shape index (κ1) is 19.0. The second-order valence-corrected chi connectivity index (χ2v) is 8.33. The predicted molar refractivity (Wildman–Crippen MR) is 109 cm³/mol. The quantitative estimate of drug-likeness (QED) is 0.603. The SMILES string of the molecule is C[C@@H]1CN2c3ccc(-c4ccncc4)cc3CC3(C(=O)NC(O)NC3=O)[C@H]2[C@H](C)O1. The summed E-state index contributed by atoms with van der Waals surface area (Å²) >= 11 is 0. The van der Waals surface area contributed by atoms with Gasteiger partial charge >= 0.3 is 0 Å². The first-order valence-corrected chi connectivity index (χ1v) is 10.2. The summed E-state index contributed by atoms with van der Waals surface area (Å²) < 4.78 is 6.04. The van der Waals surface area contributed by atoms with Crippen molar-refractivity contribution in [3.05, 3.63) is 48.3 Å². The third-order valence-electron chi connectivity index (χ3n) is 6.40. The molecule has 2 aromatic rings. The lowest BCUT2D eigenvalue weighted by Gasteiger charge is -2.56. The number of anilines is 1. The fourth-order valence-corrected chi connectivity index (χ4v) is 5.25. The molecule has 0 saturated carbocycles. The van der Waals surface area contributed by atoms with Crippen LogP contribution in [0.15, 0.2) is 42.7 Å². The molecule has 30 heavy (non-hydrogen) atoms. The average Bonchev–Trinajstić information content (AvgIpc) is 2.71. The maximum atomic E-state index is 13.2. The molecule has 3 atom stereocenters. The molecule has 1 spiro atoms. The van der Waals surface area contributed by atoms with Crippen molar-refractivity contribution < 1.29 is 19.4 Å². The van der Waals surface area contributed by atoms with Crippen LogP contribution in [0.4, 0.5) is 5.69 Å². The largest absolute Gasteiger partial charge is 0.372 e. The zero-order chi connectivity index (χ0) is 21.0. The summed E-state index contributed by atoms with van der Waals surface area (Å²) in [7, 11) is 0. The van der Waals surface area contributed by atoms with E-state index in [4.69, 9.17) is 4.74 Å². The van der Waals surface area contributed by atoms with E-state index in [9.17, 15) is 14.7 Å². The molecule has 2 saturated heterocycles. The van der Waals surface area contributed by atoms with Gasteiger partial charge in [0, 0.05) is 24.6 Å². The third-order valence-corrected chi connectivity index (χ3v) is 6.40. The number of fused-ring (bicyclic) bond motifs is 4. The number of carbonyl (C=O) groups is 2. The molecule has 2 fully saturated rings. The Bertz CT molecular complexity index is 993. The molecule has 3 aliphatic rings. The lowest BCUT2D eigenvalue weighted by atomic mass is 9.66. The molecule has 8 nitrogen and oxygen atoms in total. The van der Waals surface area contributed by atoms with Gasteiger partial charge < -0.3 is 25.4 Å². The second kappa shape index (κ2) is 6.78. The number of nitrogens with one attached hydrogen (secondary N) is 2. The fourth-order valence-electron chi connectivity index (χ4n) is 5.25. The zero-order valence-electron chi connectivity index (χ0n) is 16.8. The molecule has 1 aromatic carbocycles. The molecule has 0 aliphatic carbocycles. The fraction of sp³-hybridized carbons (Fsp3) is 0.409. The maximum absolute atomic E-state index is 13.2. The van der Waals surface area contributed by atoms with Crippen LogP contribution in [0.5, 0.6) is 0 Å². The van der Waals surface area contributed by atoms with Gasteiger partial charge in [0.15, 0.2) is 5.41 Å². The lowest BCUT2D eigenvalue weighted by molar-refractivity contribution is -0.163. The molecule has 0 radical (unpaired) electrons. The van der Waals surface area contributed by atoms with E-state index >= 15 is 0 Å². The van der Waals surface area contributed by atoms with E-state index in [1.165, 1.54) is 0 Å². The van der Waals surface area contributed by atoms with Gasteiger partial charge in [0.05, 0.1) is 18.2 Å². The Balaban J connectivity index is 1.67. The smallest absolute Gasteiger partial charge is 0.241 e. The van der Waals surface area contributed by atoms with E-state index in [0.29, 0.717) is 6.54 Å². The molecule has 2 amide bonds. The molecule has 1 aromatic heterocycles. The van der Waals surface area contributed by atoms with Crippen molar-refractivity contribution in [1.82, 2.24) is 15.6 Å². The molecule has 0 bridgehead atoms. The number of benzene rings is 1. The monoisotopic (exact) mass is 408 g/mol. The Kier molecular flexibility index (Phi) is 4.30. The summed E-state index contributed by atoms with van der Waals surface area (Å²) in [5.74, 6) is -0.947. The van der Waals surface area contributed by atoms with Gasteiger partial charge in [0.2, 0.25) is 18.2 Å². The van der Waals surface area contributed by atoms with Crippen molar-refractivity contribution in [2.45, 2.75) is 44.9 Å². The Labute approximate surface area is 174 Å². The van der Waals surface area contributed by atoms with Gasteiger partial charge in [-0.15, -0.1) is 0 Å². The standard InChI is InChI=1S/C22H24N4O4/c1-12-11-26-17-4-3-15(14-5-7-23-8-6-14)9-16(17)10-22(18(26)13(2)30-12)19(27)24-21(29)25-20(22)28/h3-9,12-13,18,21,29H,10-11H2,1-2H3,(H,24,27)(H,25,28)/t12-,13+,18-,21?,22?/m1/s1.